The van der Waals surface area contributed by atoms with Crippen molar-refractivity contribution in [2.75, 3.05) is 0 Å². The third-order valence-corrected chi connectivity index (χ3v) is 4.58. The van der Waals surface area contributed by atoms with Crippen LogP contribution < -0.4 is 16.0 Å². The maximum atomic E-state index is 13.2. The third-order valence-electron chi connectivity index (χ3n) is 4.58. The standard InChI is InChI=1S/C20H21N3O2/c1-12(2)17-15(10-21)19(22)25-16-9-13(3)23(20(24)18(16)17)11-14-7-5-4-6-8-14/h4-9,12,17H,11,22H2,1-3H3/t17-/m1/s1. The zero-order valence-corrected chi connectivity index (χ0v) is 14.6. The van der Waals surface area contributed by atoms with E-state index in [0.29, 0.717) is 23.4 Å². The van der Waals surface area contributed by atoms with Gasteiger partial charge in [0.2, 0.25) is 5.88 Å². The zero-order chi connectivity index (χ0) is 18.1. The lowest BCUT2D eigenvalue weighted by Gasteiger charge is -2.29. The van der Waals surface area contributed by atoms with Crippen molar-refractivity contribution in [3.05, 3.63) is 75.0 Å². The maximum Gasteiger partial charge on any atom is 0.258 e. The normalized spacial score (nSPS) is 16.4. The maximum absolute atomic E-state index is 13.2. The molecule has 2 N–H and O–H groups in total. The number of fused-ring (bicyclic) bond motifs is 1. The monoisotopic (exact) mass is 335 g/mol. The molecule has 5 heteroatoms. The van der Waals surface area contributed by atoms with Gasteiger partial charge in [-0.3, -0.25) is 4.79 Å². The number of benzene rings is 1. The molecule has 0 bridgehead atoms. The SMILES string of the molecule is Cc1cc2c(c(=O)n1Cc1ccccc1)[C@H](C(C)C)C(C#N)=C(N)O2. The van der Waals surface area contributed by atoms with E-state index in [4.69, 9.17) is 10.5 Å². The van der Waals surface area contributed by atoms with Crippen molar-refractivity contribution in [1.29, 1.82) is 5.26 Å². The van der Waals surface area contributed by atoms with Crippen molar-refractivity contribution >= 4 is 0 Å². The molecule has 1 atom stereocenters. The Morgan fingerprint density at radius 3 is 2.60 bits per heavy atom. The summed E-state index contributed by atoms with van der Waals surface area (Å²) in [6.45, 7) is 6.30. The van der Waals surface area contributed by atoms with E-state index in [1.165, 1.54) is 0 Å². The van der Waals surface area contributed by atoms with E-state index in [1.54, 1.807) is 4.57 Å². The molecule has 0 aliphatic carbocycles. The summed E-state index contributed by atoms with van der Waals surface area (Å²) in [5.41, 5.74) is 8.48. The number of rotatable bonds is 3. The minimum absolute atomic E-state index is 0.0523. The summed E-state index contributed by atoms with van der Waals surface area (Å²) < 4.78 is 7.33. The van der Waals surface area contributed by atoms with E-state index >= 15 is 0 Å². The Hall–Kier alpha value is -3.00. The van der Waals surface area contributed by atoms with E-state index in [0.717, 1.165) is 11.3 Å². The summed E-state index contributed by atoms with van der Waals surface area (Å²) in [6, 6.07) is 13.8. The minimum Gasteiger partial charge on any atom is -0.440 e. The summed E-state index contributed by atoms with van der Waals surface area (Å²) >= 11 is 0. The molecule has 0 spiro atoms. The first-order valence-electron chi connectivity index (χ1n) is 8.30. The van der Waals surface area contributed by atoms with Crippen LogP contribution in [0.5, 0.6) is 5.75 Å². The van der Waals surface area contributed by atoms with E-state index in [9.17, 15) is 10.1 Å². The first kappa shape index (κ1) is 16.8. The Bertz CT molecular complexity index is 934. The highest BCUT2D eigenvalue weighted by Crippen LogP contribution is 2.40. The van der Waals surface area contributed by atoms with Gasteiger partial charge < -0.3 is 15.0 Å². The third kappa shape index (κ3) is 2.91. The summed E-state index contributed by atoms with van der Waals surface area (Å²) in [5.74, 6) is 0.246. The Balaban J connectivity index is 2.18. The molecular weight excluding hydrogens is 314 g/mol. The van der Waals surface area contributed by atoms with Gasteiger partial charge in [-0.1, -0.05) is 44.2 Å². The molecule has 128 valence electrons. The van der Waals surface area contributed by atoms with Crippen molar-refractivity contribution in [3.63, 3.8) is 0 Å². The number of pyridine rings is 1. The minimum atomic E-state index is -0.358. The molecule has 0 fully saturated rings. The molecule has 0 amide bonds. The van der Waals surface area contributed by atoms with Crippen LogP contribution in [0.4, 0.5) is 0 Å². The lowest BCUT2D eigenvalue weighted by atomic mass is 9.81. The van der Waals surface area contributed by atoms with Crippen LogP contribution in [0.15, 0.2) is 52.6 Å². The number of nitrogens with zero attached hydrogens (tertiary/aromatic N) is 2. The number of hydrogen-bond acceptors (Lipinski definition) is 4. The highest BCUT2D eigenvalue weighted by molar-refractivity contribution is 5.50. The number of aromatic nitrogens is 1. The van der Waals surface area contributed by atoms with Crippen LogP contribution >= 0.6 is 0 Å². The Kier molecular flexibility index (Phi) is 4.37. The van der Waals surface area contributed by atoms with Crippen molar-refractivity contribution < 1.29 is 4.74 Å². The van der Waals surface area contributed by atoms with E-state index in [1.807, 2.05) is 57.2 Å². The van der Waals surface area contributed by atoms with Crippen LogP contribution in [0.25, 0.3) is 0 Å². The van der Waals surface area contributed by atoms with Crippen LogP contribution in [0, 0.1) is 24.2 Å². The fourth-order valence-electron chi connectivity index (χ4n) is 3.35. The second kappa shape index (κ2) is 6.48. The molecule has 5 nitrogen and oxygen atoms in total. The molecule has 2 aromatic rings. The van der Waals surface area contributed by atoms with Crippen LogP contribution in [0.1, 0.15) is 36.6 Å². The Morgan fingerprint density at radius 2 is 2.00 bits per heavy atom. The number of hydrogen-bond donors (Lipinski definition) is 1. The second-order valence-electron chi connectivity index (χ2n) is 6.65. The van der Waals surface area contributed by atoms with Crippen molar-refractivity contribution in [1.82, 2.24) is 4.57 Å². The predicted octanol–water partition coefficient (Wildman–Crippen LogP) is 3.03. The smallest absolute Gasteiger partial charge is 0.258 e. The summed E-state index contributed by atoms with van der Waals surface area (Å²) in [7, 11) is 0. The molecule has 0 saturated carbocycles. The van der Waals surface area contributed by atoms with Gasteiger partial charge in [0.1, 0.15) is 11.8 Å². The van der Waals surface area contributed by atoms with Crippen LogP contribution in [0.2, 0.25) is 0 Å². The van der Waals surface area contributed by atoms with Crippen molar-refractivity contribution in [3.8, 4) is 11.8 Å². The van der Waals surface area contributed by atoms with Gasteiger partial charge in [0.15, 0.2) is 0 Å². The van der Waals surface area contributed by atoms with Crippen molar-refractivity contribution in [2.45, 2.75) is 33.2 Å². The van der Waals surface area contributed by atoms with Crippen LogP contribution in [0.3, 0.4) is 0 Å². The first-order valence-corrected chi connectivity index (χ1v) is 8.30. The lowest BCUT2D eigenvalue weighted by molar-refractivity contribution is 0.366. The quantitative estimate of drug-likeness (QED) is 0.935. The Labute approximate surface area is 147 Å². The van der Waals surface area contributed by atoms with E-state index in [-0.39, 0.29) is 23.3 Å². The molecule has 0 unspecified atom stereocenters. The number of nitriles is 1. The number of allylic oxidation sites excluding steroid dienone is 1. The van der Waals surface area contributed by atoms with Gasteiger partial charge in [-0.05, 0) is 18.4 Å². The number of aryl methyl sites for hydroxylation is 1. The van der Waals surface area contributed by atoms with E-state index in [2.05, 4.69) is 6.07 Å². The highest BCUT2D eigenvalue weighted by Gasteiger charge is 2.34. The van der Waals surface area contributed by atoms with Gasteiger partial charge in [-0.2, -0.15) is 5.26 Å². The molecule has 1 aromatic heterocycles. The van der Waals surface area contributed by atoms with E-state index < -0.39 is 0 Å². The average molecular weight is 335 g/mol. The number of ether oxygens (including phenoxy) is 1. The zero-order valence-electron chi connectivity index (χ0n) is 14.6. The lowest BCUT2D eigenvalue weighted by Crippen LogP contribution is -2.34. The predicted molar refractivity (Wildman–Crippen MR) is 96.0 cm³/mol. The summed E-state index contributed by atoms with van der Waals surface area (Å²) in [6.07, 6.45) is 0. The molecule has 2 heterocycles. The fraction of sp³-hybridized carbons (Fsp3) is 0.300. The molecular formula is C20H21N3O2. The second-order valence-corrected chi connectivity index (χ2v) is 6.65. The van der Waals surface area contributed by atoms with Crippen LogP contribution in [-0.2, 0) is 6.54 Å². The largest absolute Gasteiger partial charge is 0.440 e. The number of nitrogens with two attached hydrogens (primary N) is 1. The van der Waals surface area contributed by atoms with Gasteiger partial charge in [-0.15, -0.1) is 0 Å². The van der Waals surface area contributed by atoms with Gasteiger partial charge in [0.05, 0.1) is 17.7 Å². The molecule has 1 aliphatic heterocycles. The van der Waals surface area contributed by atoms with Crippen LogP contribution in [-0.4, -0.2) is 4.57 Å². The molecule has 3 rings (SSSR count). The average Bonchev–Trinajstić information content (AvgIpc) is 2.58. The van der Waals surface area contributed by atoms with Gasteiger partial charge >= 0.3 is 0 Å². The molecule has 1 aliphatic rings. The Morgan fingerprint density at radius 1 is 1.32 bits per heavy atom. The summed E-state index contributed by atoms with van der Waals surface area (Å²) in [5, 5.41) is 9.48. The highest BCUT2D eigenvalue weighted by atomic mass is 16.5. The van der Waals surface area contributed by atoms with Gasteiger partial charge in [0.25, 0.3) is 5.56 Å². The molecule has 25 heavy (non-hydrogen) atoms. The van der Waals surface area contributed by atoms with Gasteiger partial charge in [-0.25, -0.2) is 0 Å². The van der Waals surface area contributed by atoms with Crippen molar-refractivity contribution in [2.24, 2.45) is 11.7 Å². The first-order chi connectivity index (χ1) is 11.9. The molecule has 1 aromatic carbocycles. The summed E-state index contributed by atoms with van der Waals surface area (Å²) in [4.78, 5) is 13.2. The topological polar surface area (TPSA) is 81.0 Å². The van der Waals surface area contributed by atoms with Gasteiger partial charge in [0, 0.05) is 17.7 Å². The molecule has 0 radical (unpaired) electrons. The fourth-order valence-corrected chi connectivity index (χ4v) is 3.35. The molecule has 0 saturated heterocycles.